The Bertz CT molecular complexity index is 336. The van der Waals surface area contributed by atoms with Crippen LogP contribution in [-0.4, -0.2) is 23.7 Å². The summed E-state index contributed by atoms with van der Waals surface area (Å²) in [5.41, 5.74) is 2.39. The molecule has 1 rings (SSSR count). The Morgan fingerprint density at radius 2 is 2.00 bits per heavy atom. The third kappa shape index (κ3) is 5.94. The molecule has 0 aliphatic carbocycles. The van der Waals surface area contributed by atoms with Crippen LogP contribution in [-0.2, 0) is 6.42 Å². The number of aryl methyl sites for hydroxylation is 1. The minimum Gasteiger partial charge on any atom is -0.362 e. The van der Waals surface area contributed by atoms with E-state index in [1.165, 1.54) is 11.3 Å². The first-order valence-corrected chi connectivity index (χ1v) is 7.69. The first kappa shape index (κ1) is 14.3. The zero-order valence-electron chi connectivity index (χ0n) is 10.5. The van der Waals surface area contributed by atoms with Gasteiger partial charge in [-0.15, -0.1) is 0 Å². The minimum atomic E-state index is 0.704. The lowest BCUT2D eigenvalue weighted by molar-refractivity contribution is 0.855. The van der Waals surface area contributed by atoms with Crippen LogP contribution in [0.1, 0.15) is 18.9 Å². The lowest BCUT2D eigenvalue weighted by Crippen LogP contribution is -2.29. The molecular weight excluding hydrogens is 248 g/mol. The second-order valence-corrected chi connectivity index (χ2v) is 5.17. The van der Waals surface area contributed by atoms with Crippen molar-refractivity contribution in [2.24, 2.45) is 0 Å². The van der Waals surface area contributed by atoms with Crippen LogP contribution in [0.5, 0.6) is 0 Å². The van der Waals surface area contributed by atoms with Crippen LogP contribution in [0.4, 0.5) is 5.69 Å². The van der Waals surface area contributed by atoms with E-state index in [-0.39, 0.29) is 0 Å². The van der Waals surface area contributed by atoms with Crippen LogP contribution in [0.2, 0.25) is 0 Å². The molecule has 0 aliphatic rings. The summed E-state index contributed by atoms with van der Waals surface area (Å²) in [6.45, 7) is 3.08. The maximum absolute atomic E-state index is 5.22. The predicted molar refractivity (Wildman–Crippen MR) is 83.0 cm³/mol. The molecule has 0 fully saturated rings. The van der Waals surface area contributed by atoms with Crippen LogP contribution in [0.3, 0.4) is 0 Å². The molecule has 17 heavy (non-hydrogen) atoms. The second kappa shape index (κ2) is 8.37. The van der Waals surface area contributed by atoms with Gasteiger partial charge in [0.2, 0.25) is 0 Å². The van der Waals surface area contributed by atoms with Crippen molar-refractivity contribution in [2.75, 3.05) is 23.9 Å². The van der Waals surface area contributed by atoms with E-state index < -0.39 is 0 Å². The second-order valence-electron chi connectivity index (χ2n) is 3.78. The van der Waals surface area contributed by atoms with Crippen LogP contribution >= 0.6 is 24.0 Å². The van der Waals surface area contributed by atoms with E-state index >= 15 is 0 Å². The number of rotatable bonds is 6. The molecule has 0 spiro atoms. The summed E-state index contributed by atoms with van der Waals surface area (Å²) in [4.78, 5) is 0. The quantitative estimate of drug-likeness (QED) is 0.611. The minimum absolute atomic E-state index is 0.704. The first-order chi connectivity index (χ1) is 8.26. The van der Waals surface area contributed by atoms with Gasteiger partial charge in [0.05, 0.1) is 0 Å². The highest BCUT2D eigenvalue weighted by Gasteiger charge is 1.97. The van der Waals surface area contributed by atoms with Gasteiger partial charge < -0.3 is 10.6 Å². The number of thiocarbonyl (C=S) groups is 1. The van der Waals surface area contributed by atoms with Crippen molar-refractivity contribution in [3.8, 4) is 0 Å². The van der Waals surface area contributed by atoms with Gasteiger partial charge in [0.1, 0.15) is 0 Å². The van der Waals surface area contributed by atoms with E-state index in [2.05, 4.69) is 48.1 Å². The average molecular weight is 268 g/mol. The van der Waals surface area contributed by atoms with Gasteiger partial charge in [0, 0.05) is 12.2 Å². The molecule has 0 amide bonds. The van der Waals surface area contributed by atoms with Gasteiger partial charge in [0.15, 0.2) is 5.11 Å². The SMILES string of the molecule is CCc1ccc(NC(=S)NCCCSC)cc1. The van der Waals surface area contributed by atoms with E-state index in [1.807, 2.05) is 11.8 Å². The zero-order chi connectivity index (χ0) is 12.5. The van der Waals surface area contributed by atoms with Gasteiger partial charge in [-0.25, -0.2) is 0 Å². The summed E-state index contributed by atoms with van der Waals surface area (Å²) < 4.78 is 0. The van der Waals surface area contributed by atoms with Crippen molar-refractivity contribution < 1.29 is 0 Å². The third-order valence-electron chi connectivity index (χ3n) is 2.43. The molecule has 0 aromatic heterocycles. The highest BCUT2D eigenvalue weighted by Crippen LogP contribution is 2.09. The number of nitrogens with one attached hydrogen (secondary N) is 2. The molecule has 0 aliphatic heterocycles. The van der Waals surface area contributed by atoms with Gasteiger partial charge in [-0.05, 0) is 54.8 Å². The molecule has 0 saturated heterocycles. The molecule has 0 atom stereocenters. The Morgan fingerprint density at radius 3 is 2.59 bits per heavy atom. The summed E-state index contributed by atoms with van der Waals surface area (Å²) in [5, 5.41) is 7.09. The zero-order valence-corrected chi connectivity index (χ0v) is 12.1. The Hall–Kier alpha value is -0.740. The van der Waals surface area contributed by atoms with Crippen LogP contribution in [0, 0.1) is 0 Å². The van der Waals surface area contributed by atoms with Crippen molar-refractivity contribution in [3.63, 3.8) is 0 Å². The fourth-order valence-corrected chi connectivity index (χ4v) is 2.07. The molecule has 2 N–H and O–H groups in total. The molecular formula is C13H20N2S2. The molecule has 2 nitrogen and oxygen atoms in total. The number of hydrogen-bond donors (Lipinski definition) is 2. The van der Waals surface area contributed by atoms with Gasteiger partial charge in [0.25, 0.3) is 0 Å². The smallest absolute Gasteiger partial charge is 0.170 e. The first-order valence-electron chi connectivity index (χ1n) is 5.89. The molecule has 0 heterocycles. The molecule has 0 radical (unpaired) electrons. The molecule has 1 aromatic rings. The van der Waals surface area contributed by atoms with E-state index in [9.17, 15) is 0 Å². The fraction of sp³-hybridized carbons (Fsp3) is 0.462. The largest absolute Gasteiger partial charge is 0.362 e. The van der Waals surface area contributed by atoms with Crippen molar-refractivity contribution in [2.45, 2.75) is 19.8 Å². The molecule has 94 valence electrons. The maximum Gasteiger partial charge on any atom is 0.170 e. The van der Waals surface area contributed by atoms with E-state index in [0.717, 1.165) is 25.1 Å². The monoisotopic (exact) mass is 268 g/mol. The Kier molecular flexibility index (Phi) is 7.05. The summed E-state index contributed by atoms with van der Waals surface area (Å²) in [6.07, 6.45) is 4.32. The summed E-state index contributed by atoms with van der Waals surface area (Å²) in [6, 6.07) is 8.38. The van der Waals surface area contributed by atoms with Gasteiger partial charge >= 0.3 is 0 Å². The number of thioether (sulfide) groups is 1. The lowest BCUT2D eigenvalue weighted by atomic mass is 10.1. The normalized spacial score (nSPS) is 10.0. The molecule has 1 aromatic carbocycles. The number of benzene rings is 1. The van der Waals surface area contributed by atoms with E-state index in [4.69, 9.17) is 12.2 Å². The van der Waals surface area contributed by atoms with Crippen LogP contribution in [0.15, 0.2) is 24.3 Å². The highest BCUT2D eigenvalue weighted by atomic mass is 32.2. The summed E-state index contributed by atoms with van der Waals surface area (Å²) >= 11 is 7.08. The predicted octanol–water partition coefficient (Wildman–Crippen LogP) is 3.29. The van der Waals surface area contributed by atoms with E-state index in [1.54, 1.807) is 0 Å². The average Bonchev–Trinajstić information content (AvgIpc) is 2.36. The molecule has 0 bridgehead atoms. The number of hydrogen-bond acceptors (Lipinski definition) is 2. The topological polar surface area (TPSA) is 24.1 Å². The number of anilines is 1. The summed E-state index contributed by atoms with van der Waals surface area (Å²) in [5.74, 6) is 1.17. The summed E-state index contributed by atoms with van der Waals surface area (Å²) in [7, 11) is 0. The molecule has 4 heteroatoms. The Labute approximate surface area is 114 Å². The van der Waals surface area contributed by atoms with Crippen LogP contribution < -0.4 is 10.6 Å². The molecule has 0 unspecified atom stereocenters. The van der Waals surface area contributed by atoms with Crippen LogP contribution in [0.25, 0.3) is 0 Å². The van der Waals surface area contributed by atoms with Gasteiger partial charge in [-0.3, -0.25) is 0 Å². The lowest BCUT2D eigenvalue weighted by Gasteiger charge is -2.10. The van der Waals surface area contributed by atoms with Crippen molar-refractivity contribution >= 4 is 34.8 Å². The van der Waals surface area contributed by atoms with Gasteiger partial charge in [-0.1, -0.05) is 19.1 Å². The highest BCUT2D eigenvalue weighted by molar-refractivity contribution is 7.98. The maximum atomic E-state index is 5.22. The van der Waals surface area contributed by atoms with E-state index in [0.29, 0.717) is 5.11 Å². The molecule has 0 saturated carbocycles. The fourth-order valence-electron chi connectivity index (χ4n) is 1.42. The third-order valence-corrected chi connectivity index (χ3v) is 3.37. The van der Waals surface area contributed by atoms with Crippen molar-refractivity contribution in [1.29, 1.82) is 0 Å². The van der Waals surface area contributed by atoms with Crippen molar-refractivity contribution in [3.05, 3.63) is 29.8 Å². The Morgan fingerprint density at radius 1 is 1.29 bits per heavy atom. The van der Waals surface area contributed by atoms with Crippen molar-refractivity contribution in [1.82, 2.24) is 5.32 Å². The standard InChI is InChI=1S/C13H20N2S2/c1-3-11-5-7-12(8-6-11)15-13(16)14-9-4-10-17-2/h5-8H,3-4,9-10H2,1-2H3,(H2,14,15,16). The van der Waals surface area contributed by atoms with Gasteiger partial charge in [-0.2, -0.15) is 11.8 Å². The Balaban J connectivity index is 2.29.